The fourth-order valence-corrected chi connectivity index (χ4v) is 2.40. The molecule has 7 heteroatoms. The monoisotopic (exact) mass is 303 g/mol. The van der Waals surface area contributed by atoms with Gasteiger partial charge in [-0.1, -0.05) is 23.7 Å². The Kier molecular flexibility index (Phi) is 3.62. The number of anilines is 1. The molecule has 0 bridgehead atoms. The zero-order valence-electron chi connectivity index (χ0n) is 11.5. The van der Waals surface area contributed by atoms with Crippen LogP contribution in [0.4, 0.5) is 5.82 Å². The second kappa shape index (κ2) is 5.57. The molecular weight excluding hydrogens is 290 g/mol. The smallest absolute Gasteiger partial charge is 0.226 e. The Morgan fingerprint density at radius 3 is 2.90 bits per heavy atom. The quantitative estimate of drug-likeness (QED) is 0.924. The maximum absolute atomic E-state index is 11.6. The van der Waals surface area contributed by atoms with Crippen LogP contribution in [0.15, 0.2) is 41.5 Å². The molecule has 0 fully saturated rings. The van der Waals surface area contributed by atoms with E-state index < -0.39 is 0 Å². The van der Waals surface area contributed by atoms with Gasteiger partial charge in [0, 0.05) is 19.5 Å². The van der Waals surface area contributed by atoms with Crippen LogP contribution in [0.3, 0.4) is 0 Å². The number of para-hydroxylation sites is 1. The first-order valence-corrected chi connectivity index (χ1v) is 6.93. The van der Waals surface area contributed by atoms with Crippen molar-refractivity contribution in [1.82, 2.24) is 14.7 Å². The van der Waals surface area contributed by atoms with Crippen molar-refractivity contribution in [2.24, 2.45) is 4.99 Å². The number of halogens is 1. The van der Waals surface area contributed by atoms with Crippen molar-refractivity contribution < 1.29 is 4.79 Å². The summed E-state index contributed by atoms with van der Waals surface area (Å²) in [5.74, 6) is 1.20. The fourth-order valence-electron chi connectivity index (χ4n) is 2.19. The normalized spacial score (nSPS) is 14.2. The third kappa shape index (κ3) is 2.62. The molecule has 1 aliphatic heterocycles. The molecule has 1 aromatic carbocycles. The molecule has 0 saturated carbocycles. The Bertz CT molecular complexity index is 709. The highest BCUT2D eigenvalue weighted by Crippen LogP contribution is 2.23. The highest BCUT2D eigenvalue weighted by Gasteiger charge is 2.22. The molecule has 0 atom stereocenters. The van der Waals surface area contributed by atoms with Gasteiger partial charge in [0.2, 0.25) is 11.9 Å². The van der Waals surface area contributed by atoms with Crippen molar-refractivity contribution in [3.63, 3.8) is 0 Å². The van der Waals surface area contributed by atoms with E-state index in [4.69, 9.17) is 11.6 Å². The predicted molar refractivity (Wildman–Crippen MR) is 81.9 cm³/mol. The number of guanidine groups is 1. The largest absolute Gasteiger partial charge is 0.310 e. The number of hydrogen-bond acceptors (Lipinski definition) is 4. The number of hydrogen-bond donors (Lipinski definition) is 1. The highest BCUT2D eigenvalue weighted by molar-refractivity contribution is 6.32. The van der Waals surface area contributed by atoms with E-state index in [1.165, 1.54) is 6.92 Å². The number of rotatable bonds is 2. The standard InChI is InChI=1S/C14H14ClN5O/c1-10(21)19-9-8-16-14(19)18-13-6-7-17-20(13)12-5-3-2-4-11(12)15/h2-7H,8-9H2,1H3,(H,16,18). The molecule has 0 radical (unpaired) electrons. The Hall–Kier alpha value is -2.34. The minimum absolute atomic E-state index is 0.0393. The van der Waals surface area contributed by atoms with Gasteiger partial charge in [-0.05, 0) is 12.1 Å². The number of amides is 1. The molecule has 0 spiro atoms. The van der Waals surface area contributed by atoms with Gasteiger partial charge in [0.25, 0.3) is 0 Å². The second-order valence-corrected chi connectivity index (χ2v) is 4.99. The number of aliphatic imine (C=N–C) groups is 1. The molecule has 1 aliphatic rings. The summed E-state index contributed by atoms with van der Waals surface area (Å²) in [6.07, 6.45) is 1.67. The van der Waals surface area contributed by atoms with Crippen LogP contribution in [0.1, 0.15) is 6.92 Å². The summed E-state index contributed by atoms with van der Waals surface area (Å²) in [4.78, 5) is 17.5. The van der Waals surface area contributed by atoms with Gasteiger partial charge in [-0.25, -0.2) is 4.68 Å². The molecular formula is C14H14ClN5O. The molecule has 108 valence electrons. The van der Waals surface area contributed by atoms with Crippen LogP contribution in [0, 0.1) is 0 Å². The summed E-state index contributed by atoms with van der Waals surface area (Å²) >= 11 is 6.20. The summed E-state index contributed by atoms with van der Waals surface area (Å²) in [5, 5.41) is 8.01. The Labute approximate surface area is 127 Å². The molecule has 2 aromatic rings. The highest BCUT2D eigenvalue weighted by atomic mass is 35.5. The maximum Gasteiger partial charge on any atom is 0.226 e. The Morgan fingerprint density at radius 2 is 2.14 bits per heavy atom. The Balaban J connectivity index is 1.90. The lowest BCUT2D eigenvalue weighted by atomic mass is 10.3. The van der Waals surface area contributed by atoms with Gasteiger partial charge in [0.15, 0.2) is 0 Å². The van der Waals surface area contributed by atoms with Crippen molar-refractivity contribution in [1.29, 1.82) is 0 Å². The first kappa shape index (κ1) is 13.6. The lowest BCUT2D eigenvalue weighted by Gasteiger charge is -2.18. The van der Waals surface area contributed by atoms with E-state index in [1.54, 1.807) is 21.8 Å². The van der Waals surface area contributed by atoms with Crippen molar-refractivity contribution in [2.75, 3.05) is 18.4 Å². The fraction of sp³-hybridized carbons (Fsp3) is 0.214. The first-order valence-electron chi connectivity index (χ1n) is 6.55. The zero-order valence-corrected chi connectivity index (χ0v) is 12.2. The number of benzene rings is 1. The molecule has 0 unspecified atom stereocenters. The van der Waals surface area contributed by atoms with Crippen molar-refractivity contribution in [3.05, 3.63) is 41.6 Å². The van der Waals surface area contributed by atoms with E-state index >= 15 is 0 Å². The molecule has 2 heterocycles. The Morgan fingerprint density at radius 1 is 1.33 bits per heavy atom. The van der Waals surface area contributed by atoms with Gasteiger partial charge in [0.05, 0.1) is 23.5 Å². The lowest BCUT2D eigenvalue weighted by molar-refractivity contribution is -0.124. The van der Waals surface area contributed by atoms with Crippen molar-refractivity contribution in [2.45, 2.75) is 6.92 Å². The number of carbonyl (C=O) groups excluding carboxylic acids is 1. The number of nitrogens with one attached hydrogen (secondary N) is 1. The first-order chi connectivity index (χ1) is 10.2. The van der Waals surface area contributed by atoms with Gasteiger partial charge >= 0.3 is 0 Å². The average molecular weight is 304 g/mol. The van der Waals surface area contributed by atoms with E-state index in [0.717, 1.165) is 5.69 Å². The molecule has 1 N–H and O–H groups in total. The summed E-state index contributed by atoms with van der Waals surface area (Å²) < 4.78 is 1.68. The number of carbonyl (C=O) groups is 1. The van der Waals surface area contributed by atoms with E-state index in [2.05, 4.69) is 15.4 Å². The summed E-state index contributed by atoms with van der Waals surface area (Å²) in [6, 6.07) is 9.24. The zero-order chi connectivity index (χ0) is 14.8. The van der Waals surface area contributed by atoms with Gasteiger partial charge in [-0.3, -0.25) is 14.7 Å². The van der Waals surface area contributed by atoms with Gasteiger partial charge in [0.1, 0.15) is 5.82 Å². The van der Waals surface area contributed by atoms with Gasteiger partial charge in [-0.2, -0.15) is 5.10 Å². The van der Waals surface area contributed by atoms with Crippen LogP contribution in [0.5, 0.6) is 0 Å². The summed E-state index contributed by atoms with van der Waals surface area (Å²) in [5.41, 5.74) is 0.764. The van der Waals surface area contributed by atoms with Gasteiger partial charge in [-0.15, -0.1) is 0 Å². The van der Waals surface area contributed by atoms with Crippen LogP contribution in [0.25, 0.3) is 5.69 Å². The summed E-state index contributed by atoms with van der Waals surface area (Å²) in [7, 11) is 0. The molecule has 0 aliphatic carbocycles. The van der Waals surface area contributed by atoms with E-state index in [-0.39, 0.29) is 5.91 Å². The molecule has 6 nitrogen and oxygen atoms in total. The second-order valence-electron chi connectivity index (χ2n) is 4.58. The molecule has 1 amide bonds. The van der Waals surface area contributed by atoms with Crippen LogP contribution < -0.4 is 5.32 Å². The molecule has 21 heavy (non-hydrogen) atoms. The minimum atomic E-state index is -0.0393. The van der Waals surface area contributed by atoms with E-state index in [9.17, 15) is 4.79 Å². The van der Waals surface area contributed by atoms with E-state index in [0.29, 0.717) is 29.9 Å². The maximum atomic E-state index is 11.6. The van der Waals surface area contributed by atoms with Gasteiger partial charge < -0.3 is 5.32 Å². The van der Waals surface area contributed by atoms with Crippen LogP contribution >= 0.6 is 11.6 Å². The third-order valence-corrected chi connectivity index (χ3v) is 3.50. The third-order valence-electron chi connectivity index (χ3n) is 3.18. The lowest BCUT2D eigenvalue weighted by Crippen LogP contribution is -2.37. The molecule has 0 saturated heterocycles. The predicted octanol–water partition coefficient (Wildman–Crippen LogP) is 2.16. The topological polar surface area (TPSA) is 62.5 Å². The molecule has 1 aromatic heterocycles. The summed E-state index contributed by atoms with van der Waals surface area (Å²) in [6.45, 7) is 2.72. The van der Waals surface area contributed by atoms with Crippen molar-refractivity contribution in [3.8, 4) is 5.69 Å². The molecule has 3 rings (SSSR count). The SMILES string of the molecule is CC(=O)N1CCN=C1Nc1ccnn1-c1ccccc1Cl. The van der Waals surface area contributed by atoms with Crippen LogP contribution in [-0.2, 0) is 4.79 Å². The number of nitrogens with zero attached hydrogens (tertiary/aromatic N) is 4. The van der Waals surface area contributed by atoms with E-state index in [1.807, 2.05) is 24.3 Å². The minimum Gasteiger partial charge on any atom is -0.310 e. The number of aromatic nitrogens is 2. The van der Waals surface area contributed by atoms with Crippen LogP contribution in [0.2, 0.25) is 5.02 Å². The average Bonchev–Trinajstić information content (AvgIpc) is 3.09. The van der Waals surface area contributed by atoms with Crippen LogP contribution in [-0.4, -0.2) is 39.6 Å². The van der Waals surface area contributed by atoms with Crippen molar-refractivity contribution >= 4 is 29.3 Å².